The fourth-order valence-electron chi connectivity index (χ4n) is 3.43. The van der Waals surface area contributed by atoms with E-state index in [0.29, 0.717) is 11.5 Å². The molecule has 1 aliphatic rings. The standard InChI is InChI=1S/C19H27FN2O2S/c1-19(2,3)25(23,24)22-16-7-5-14(6-8-16)18-11-15-10-13(12-20)4-9-17(15)21-18/h4,9-11,14,16,21-22H,5-8,12H2,1-3H3. The highest BCUT2D eigenvalue weighted by Gasteiger charge is 2.33. The Labute approximate surface area is 149 Å². The van der Waals surface area contributed by atoms with Crippen molar-refractivity contribution in [2.75, 3.05) is 0 Å². The lowest BCUT2D eigenvalue weighted by Gasteiger charge is -2.31. The summed E-state index contributed by atoms with van der Waals surface area (Å²) in [5.41, 5.74) is 2.89. The highest BCUT2D eigenvalue weighted by molar-refractivity contribution is 7.90. The minimum atomic E-state index is -3.30. The molecule has 0 unspecified atom stereocenters. The van der Waals surface area contributed by atoms with Crippen LogP contribution >= 0.6 is 0 Å². The largest absolute Gasteiger partial charge is 0.358 e. The molecule has 0 spiro atoms. The van der Waals surface area contributed by atoms with Crippen molar-refractivity contribution in [3.05, 3.63) is 35.5 Å². The van der Waals surface area contributed by atoms with Crippen molar-refractivity contribution in [2.45, 2.75) is 69.8 Å². The van der Waals surface area contributed by atoms with E-state index < -0.39 is 21.4 Å². The molecule has 6 heteroatoms. The molecular weight excluding hydrogens is 339 g/mol. The summed E-state index contributed by atoms with van der Waals surface area (Å²) in [5, 5.41) is 1.04. The summed E-state index contributed by atoms with van der Waals surface area (Å²) in [5.74, 6) is 0.400. The molecule has 3 rings (SSSR count). The molecule has 1 aliphatic carbocycles. The molecular formula is C19H27FN2O2S. The number of benzene rings is 1. The van der Waals surface area contributed by atoms with Crippen molar-refractivity contribution in [3.8, 4) is 0 Å². The first-order valence-electron chi connectivity index (χ1n) is 8.89. The zero-order valence-electron chi connectivity index (χ0n) is 15.1. The maximum Gasteiger partial charge on any atom is 0.216 e. The molecule has 0 radical (unpaired) electrons. The quantitative estimate of drug-likeness (QED) is 0.843. The van der Waals surface area contributed by atoms with E-state index in [-0.39, 0.29) is 6.04 Å². The summed E-state index contributed by atoms with van der Waals surface area (Å²) in [7, 11) is -3.30. The molecule has 1 aromatic carbocycles. The molecule has 0 bridgehead atoms. The van der Waals surface area contributed by atoms with Crippen LogP contribution in [0.15, 0.2) is 24.3 Å². The van der Waals surface area contributed by atoms with E-state index >= 15 is 0 Å². The second-order valence-electron chi connectivity index (χ2n) is 8.06. The van der Waals surface area contributed by atoms with Gasteiger partial charge in [0.15, 0.2) is 0 Å². The number of sulfonamides is 1. The van der Waals surface area contributed by atoms with Crippen LogP contribution in [-0.4, -0.2) is 24.2 Å². The van der Waals surface area contributed by atoms with Gasteiger partial charge in [0.05, 0.1) is 4.75 Å². The maximum atomic E-state index is 12.8. The normalized spacial score (nSPS) is 22.4. The Morgan fingerprint density at radius 2 is 1.84 bits per heavy atom. The van der Waals surface area contributed by atoms with Crippen molar-refractivity contribution in [1.29, 1.82) is 0 Å². The number of aromatic nitrogens is 1. The topological polar surface area (TPSA) is 62.0 Å². The first-order valence-corrected chi connectivity index (χ1v) is 10.4. The summed E-state index contributed by atoms with van der Waals surface area (Å²) < 4.78 is 39.5. The van der Waals surface area contributed by atoms with Gasteiger partial charge in [-0.15, -0.1) is 0 Å². The molecule has 0 saturated heterocycles. The van der Waals surface area contributed by atoms with Crippen molar-refractivity contribution in [1.82, 2.24) is 9.71 Å². The molecule has 1 saturated carbocycles. The molecule has 0 amide bonds. The summed E-state index contributed by atoms with van der Waals surface area (Å²) in [6.45, 7) is 4.71. The Balaban J connectivity index is 1.66. The van der Waals surface area contributed by atoms with Crippen LogP contribution in [0.25, 0.3) is 10.9 Å². The van der Waals surface area contributed by atoms with E-state index in [2.05, 4.69) is 15.8 Å². The number of fused-ring (bicyclic) bond motifs is 1. The molecule has 2 aromatic rings. The number of halogens is 1. The molecule has 0 aliphatic heterocycles. The summed E-state index contributed by atoms with van der Waals surface area (Å²) in [6.07, 6.45) is 3.57. The zero-order chi connectivity index (χ0) is 18.2. The Hall–Kier alpha value is -1.40. The number of H-pyrrole nitrogens is 1. The summed E-state index contributed by atoms with van der Waals surface area (Å²) in [6, 6.07) is 7.75. The molecule has 2 N–H and O–H groups in total. The van der Waals surface area contributed by atoms with Gasteiger partial charge in [0.25, 0.3) is 0 Å². The minimum absolute atomic E-state index is 0.0167. The van der Waals surface area contributed by atoms with Crippen LogP contribution in [-0.2, 0) is 16.7 Å². The third kappa shape index (κ3) is 3.90. The van der Waals surface area contributed by atoms with Gasteiger partial charge in [-0.3, -0.25) is 0 Å². The number of nitrogens with one attached hydrogen (secondary N) is 2. The number of hydrogen-bond donors (Lipinski definition) is 2. The van der Waals surface area contributed by atoms with E-state index in [0.717, 1.165) is 36.6 Å². The fourth-order valence-corrected chi connectivity index (χ4v) is 4.45. The molecule has 0 atom stereocenters. The second kappa shape index (κ2) is 6.72. The van der Waals surface area contributed by atoms with Gasteiger partial charge >= 0.3 is 0 Å². The lowest BCUT2D eigenvalue weighted by molar-refractivity contribution is 0.368. The average Bonchev–Trinajstić information content (AvgIpc) is 2.97. The Kier molecular flexibility index (Phi) is 4.95. The fraction of sp³-hybridized carbons (Fsp3) is 0.579. The molecule has 25 heavy (non-hydrogen) atoms. The van der Waals surface area contributed by atoms with E-state index in [4.69, 9.17) is 0 Å². The predicted molar refractivity (Wildman–Crippen MR) is 99.9 cm³/mol. The highest BCUT2D eigenvalue weighted by Crippen LogP contribution is 2.34. The number of hydrogen-bond acceptors (Lipinski definition) is 2. The summed E-state index contributed by atoms with van der Waals surface area (Å²) >= 11 is 0. The van der Waals surface area contributed by atoms with E-state index in [1.165, 1.54) is 5.69 Å². The molecule has 138 valence electrons. The van der Waals surface area contributed by atoms with Gasteiger partial charge in [-0.1, -0.05) is 6.07 Å². The van der Waals surface area contributed by atoms with Crippen LogP contribution < -0.4 is 4.72 Å². The van der Waals surface area contributed by atoms with Gasteiger partial charge in [-0.25, -0.2) is 17.5 Å². The van der Waals surface area contributed by atoms with Gasteiger partial charge in [-0.05, 0) is 76.1 Å². The first kappa shape index (κ1) is 18.4. The van der Waals surface area contributed by atoms with Gasteiger partial charge in [0, 0.05) is 22.6 Å². The molecule has 4 nitrogen and oxygen atoms in total. The molecule has 1 fully saturated rings. The maximum absolute atomic E-state index is 12.8. The van der Waals surface area contributed by atoms with Crippen molar-refractivity contribution >= 4 is 20.9 Å². The van der Waals surface area contributed by atoms with Crippen molar-refractivity contribution in [3.63, 3.8) is 0 Å². The van der Waals surface area contributed by atoms with Gasteiger partial charge in [0.1, 0.15) is 6.67 Å². The lowest BCUT2D eigenvalue weighted by atomic mass is 9.84. The highest BCUT2D eigenvalue weighted by atomic mass is 32.2. The Bertz CT molecular complexity index is 844. The van der Waals surface area contributed by atoms with Crippen LogP contribution in [0.3, 0.4) is 0 Å². The summed E-state index contributed by atoms with van der Waals surface area (Å²) in [4.78, 5) is 3.44. The second-order valence-corrected chi connectivity index (χ2v) is 10.5. The third-order valence-electron chi connectivity index (χ3n) is 5.16. The Morgan fingerprint density at radius 3 is 2.44 bits per heavy atom. The molecule has 1 aromatic heterocycles. The van der Waals surface area contributed by atoms with E-state index in [1.807, 2.05) is 12.1 Å². The minimum Gasteiger partial charge on any atom is -0.358 e. The first-order chi connectivity index (χ1) is 11.7. The number of rotatable bonds is 4. The average molecular weight is 367 g/mol. The monoisotopic (exact) mass is 366 g/mol. The van der Waals surface area contributed by atoms with Crippen LogP contribution in [0.1, 0.15) is 63.6 Å². The number of alkyl halides is 1. The van der Waals surface area contributed by atoms with Crippen molar-refractivity contribution < 1.29 is 12.8 Å². The lowest BCUT2D eigenvalue weighted by Crippen LogP contribution is -2.45. The van der Waals surface area contributed by atoms with Crippen molar-refractivity contribution in [2.24, 2.45) is 0 Å². The van der Waals surface area contributed by atoms with Gasteiger partial charge in [0.2, 0.25) is 10.0 Å². The third-order valence-corrected chi connectivity index (χ3v) is 7.41. The van der Waals surface area contributed by atoms with Gasteiger partial charge < -0.3 is 4.98 Å². The zero-order valence-corrected chi connectivity index (χ0v) is 15.9. The smallest absolute Gasteiger partial charge is 0.216 e. The van der Waals surface area contributed by atoms with Crippen LogP contribution in [0.2, 0.25) is 0 Å². The SMILES string of the molecule is CC(C)(C)S(=O)(=O)NC1CCC(c2cc3cc(CF)ccc3[nH]2)CC1. The van der Waals surface area contributed by atoms with Crippen LogP contribution in [0.4, 0.5) is 4.39 Å². The van der Waals surface area contributed by atoms with Crippen LogP contribution in [0, 0.1) is 0 Å². The predicted octanol–water partition coefficient (Wildman–Crippen LogP) is 4.38. The number of aromatic amines is 1. The van der Waals surface area contributed by atoms with Crippen LogP contribution in [0.5, 0.6) is 0 Å². The molecule has 1 heterocycles. The van der Waals surface area contributed by atoms with E-state index in [9.17, 15) is 12.8 Å². The van der Waals surface area contributed by atoms with E-state index in [1.54, 1.807) is 26.8 Å². The Morgan fingerprint density at radius 1 is 1.16 bits per heavy atom. The van der Waals surface area contributed by atoms with Gasteiger partial charge in [-0.2, -0.15) is 0 Å².